The fourth-order valence-electron chi connectivity index (χ4n) is 2.40. The molecule has 2 N–H and O–H groups in total. The van der Waals surface area contributed by atoms with Crippen LogP contribution in [0, 0.1) is 18.7 Å². The number of carbonyl (C=O) groups excluding carboxylic acids is 1. The first-order chi connectivity index (χ1) is 10.8. The van der Waals surface area contributed by atoms with E-state index in [4.69, 9.17) is 0 Å². The monoisotopic (exact) mass is 318 g/mol. The van der Waals surface area contributed by atoms with Gasteiger partial charge in [0.1, 0.15) is 11.9 Å². The molecule has 0 aliphatic rings. The standard InChI is InChI=1S/C17H19FN2O3/c1-9(2)6-15(17(22)23)20-16(21)13-7-11-4-5-12(18)8-14(11)19-10(13)3/h4-5,7-9,15H,6H2,1-3H3,(H,20,21)(H,22,23)/t15-/m0/s1. The van der Waals surface area contributed by atoms with Crippen LogP contribution in [0.1, 0.15) is 36.3 Å². The van der Waals surface area contributed by atoms with Gasteiger partial charge in [0, 0.05) is 11.5 Å². The number of amides is 1. The SMILES string of the molecule is Cc1nc2cc(F)ccc2cc1C(=O)N[C@@H](CC(C)C)C(=O)O. The highest BCUT2D eigenvalue weighted by Crippen LogP contribution is 2.18. The number of rotatable bonds is 5. The lowest BCUT2D eigenvalue weighted by molar-refractivity contribution is -0.139. The lowest BCUT2D eigenvalue weighted by Gasteiger charge is -2.17. The van der Waals surface area contributed by atoms with Gasteiger partial charge in [-0.2, -0.15) is 0 Å². The minimum Gasteiger partial charge on any atom is -0.480 e. The molecule has 6 heteroatoms. The third-order valence-electron chi connectivity index (χ3n) is 3.53. The lowest BCUT2D eigenvalue weighted by atomic mass is 10.0. The highest BCUT2D eigenvalue weighted by Gasteiger charge is 2.23. The number of aliphatic carboxylic acids is 1. The topological polar surface area (TPSA) is 79.3 Å². The Labute approximate surface area is 133 Å². The van der Waals surface area contributed by atoms with Crippen molar-refractivity contribution in [2.45, 2.75) is 33.2 Å². The number of aryl methyl sites for hydroxylation is 1. The van der Waals surface area contributed by atoms with E-state index in [2.05, 4.69) is 10.3 Å². The first-order valence-corrected chi connectivity index (χ1v) is 7.38. The fraction of sp³-hybridized carbons (Fsp3) is 0.353. The Kier molecular flexibility index (Phi) is 4.93. The number of fused-ring (bicyclic) bond motifs is 1. The number of nitrogens with one attached hydrogen (secondary N) is 1. The molecule has 122 valence electrons. The van der Waals surface area contributed by atoms with E-state index in [1.165, 1.54) is 18.2 Å². The zero-order valence-corrected chi connectivity index (χ0v) is 13.3. The van der Waals surface area contributed by atoms with Crippen molar-refractivity contribution in [1.82, 2.24) is 10.3 Å². The Balaban J connectivity index is 2.31. The quantitative estimate of drug-likeness (QED) is 0.888. The molecular weight excluding hydrogens is 299 g/mol. The molecule has 0 radical (unpaired) electrons. The summed E-state index contributed by atoms with van der Waals surface area (Å²) < 4.78 is 13.2. The second-order valence-corrected chi connectivity index (χ2v) is 5.95. The zero-order chi connectivity index (χ0) is 17.1. The predicted molar refractivity (Wildman–Crippen MR) is 84.8 cm³/mol. The number of halogens is 1. The van der Waals surface area contributed by atoms with Gasteiger partial charge >= 0.3 is 5.97 Å². The van der Waals surface area contributed by atoms with Gasteiger partial charge in [0.05, 0.1) is 16.8 Å². The highest BCUT2D eigenvalue weighted by molar-refractivity contribution is 6.00. The summed E-state index contributed by atoms with van der Waals surface area (Å²) in [6, 6.07) is 4.77. The molecule has 0 aliphatic heterocycles. The van der Waals surface area contributed by atoms with Crippen LogP contribution >= 0.6 is 0 Å². The predicted octanol–water partition coefficient (Wildman–Crippen LogP) is 2.91. The number of pyridine rings is 1. The van der Waals surface area contributed by atoms with E-state index >= 15 is 0 Å². The van der Waals surface area contributed by atoms with Gasteiger partial charge in [-0.3, -0.25) is 9.78 Å². The largest absolute Gasteiger partial charge is 0.480 e. The number of carboxylic acid groups (broad SMARTS) is 1. The van der Waals surface area contributed by atoms with Crippen LogP contribution in [-0.4, -0.2) is 28.0 Å². The number of hydrogen-bond acceptors (Lipinski definition) is 3. The maximum Gasteiger partial charge on any atom is 0.326 e. The van der Waals surface area contributed by atoms with Gasteiger partial charge in [0.15, 0.2) is 0 Å². The van der Waals surface area contributed by atoms with E-state index in [-0.39, 0.29) is 5.92 Å². The molecule has 2 aromatic rings. The molecule has 23 heavy (non-hydrogen) atoms. The van der Waals surface area contributed by atoms with Gasteiger partial charge in [-0.1, -0.05) is 13.8 Å². The highest BCUT2D eigenvalue weighted by atomic mass is 19.1. The Morgan fingerprint density at radius 2 is 2.00 bits per heavy atom. The van der Waals surface area contributed by atoms with Crippen molar-refractivity contribution in [1.29, 1.82) is 0 Å². The van der Waals surface area contributed by atoms with E-state index in [0.29, 0.717) is 28.6 Å². The van der Waals surface area contributed by atoms with Crippen molar-refractivity contribution in [2.75, 3.05) is 0 Å². The van der Waals surface area contributed by atoms with E-state index < -0.39 is 23.7 Å². The Morgan fingerprint density at radius 3 is 2.61 bits per heavy atom. The summed E-state index contributed by atoms with van der Waals surface area (Å²) in [6.07, 6.45) is 0.340. The molecule has 0 aliphatic carbocycles. The summed E-state index contributed by atoms with van der Waals surface area (Å²) in [5.41, 5.74) is 1.17. The van der Waals surface area contributed by atoms with E-state index in [1.807, 2.05) is 13.8 Å². The van der Waals surface area contributed by atoms with Gasteiger partial charge in [-0.25, -0.2) is 9.18 Å². The van der Waals surface area contributed by atoms with Gasteiger partial charge in [0.25, 0.3) is 5.91 Å². The normalized spacial score (nSPS) is 12.4. The van der Waals surface area contributed by atoms with Crippen LogP contribution < -0.4 is 5.32 Å². The van der Waals surface area contributed by atoms with Crippen LogP contribution in [0.5, 0.6) is 0 Å². The lowest BCUT2D eigenvalue weighted by Crippen LogP contribution is -2.41. The van der Waals surface area contributed by atoms with Crippen molar-refractivity contribution in [3.8, 4) is 0 Å². The van der Waals surface area contributed by atoms with Crippen molar-refractivity contribution >= 4 is 22.8 Å². The summed E-state index contributed by atoms with van der Waals surface area (Å²) in [5, 5.41) is 12.4. The second kappa shape index (κ2) is 6.73. The van der Waals surface area contributed by atoms with E-state index in [0.717, 1.165) is 0 Å². The number of carbonyl (C=O) groups is 2. The molecule has 0 spiro atoms. The van der Waals surface area contributed by atoms with Crippen LogP contribution in [0.25, 0.3) is 10.9 Å². The summed E-state index contributed by atoms with van der Waals surface area (Å²) in [5.74, 6) is -1.82. The second-order valence-electron chi connectivity index (χ2n) is 5.95. The number of carboxylic acids is 1. The summed E-state index contributed by atoms with van der Waals surface area (Å²) in [6.45, 7) is 5.41. The molecular formula is C17H19FN2O3. The molecule has 1 aromatic heterocycles. The number of nitrogens with zero attached hydrogens (tertiary/aromatic N) is 1. The van der Waals surface area contributed by atoms with E-state index in [1.54, 1.807) is 13.0 Å². The third-order valence-corrected chi connectivity index (χ3v) is 3.53. The molecule has 1 atom stereocenters. The van der Waals surface area contributed by atoms with Crippen LogP contribution in [0.2, 0.25) is 0 Å². The molecule has 0 fully saturated rings. The van der Waals surface area contributed by atoms with Crippen molar-refractivity contribution in [3.05, 3.63) is 41.3 Å². The number of aromatic nitrogens is 1. The van der Waals surface area contributed by atoms with Gasteiger partial charge in [0.2, 0.25) is 0 Å². The van der Waals surface area contributed by atoms with Crippen molar-refractivity contribution in [3.63, 3.8) is 0 Å². The maximum absolute atomic E-state index is 13.2. The fourth-order valence-corrected chi connectivity index (χ4v) is 2.40. The Morgan fingerprint density at radius 1 is 1.30 bits per heavy atom. The molecule has 0 unspecified atom stereocenters. The van der Waals surface area contributed by atoms with Gasteiger partial charge < -0.3 is 10.4 Å². The van der Waals surface area contributed by atoms with Crippen LogP contribution in [0.15, 0.2) is 24.3 Å². The molecule has 2 rings (SSSR count). The van der Waals surface area contributed by atoms with Gasteiger partial charge in [-0.15, -0.1) is 0 Å². The minimum atomic E-state index is -1.07. The van der Waals surface area contributed by atoms with E-state index in [9.17, 15) is 19.1 Å². The smallest absolute Gasteiger partial charge is 0.326 e. The number of benzene rings is 1. The molecule has 0 saturated heterocycles. The van der Waals surface area contributed by atoms with Gasteiger partial charge in [-0.05, 0) is 37.5 Å². The first kappa shape index (κ1) is 16.9. The average Bonchev–Trinajstić information content (AvgIpc) is 2.44. The molecule has 1 heterocycles. The van der Waals surface area contributed by atoms with Crippen molar-refractivity contribution in [2.24, 2.45) is 5.92 Å². The third kappa shape index (κ3) is 4.03. The number of hydrogen-bond donors (Lipinski definition) is 2. The Bertz CT molecular complexity index is 759. The molecule has 1 aromatic carbocycles. The first-order valence-electron chi connectivity index (χ1n) is 7.38. The van der Waals surface area contributed by atoms with Crippen LogP contribution in [-0.2, 0) is 4.79 Å². The summed E-state index contributed by atoms with van der Waals surface area (Å²) in [4.78, 5) is 27.9. The summed E-state index contributed by atoms with van der Waals surface area (Å²) >= 11 is 0. The Hall–Kier alpha value is -2.50. The molecule has 0 saturated carbocycles. The molecule has 0 bridgehead atoms. The zero-order valence-electron chi connectivity index (χ0n) is 13.3. The summed E-state index contributed by atoms with van der Waals surface area (Å²) in [7, 11) is 0. The molecule has 5 nitrogen and oxygen atoms in total. The van der Waals surface area contributed by atoms with Crippen LogP contribution in [0.3, 0.4) is 0 Å². The average molecular weight is 318 g/mol. The van der Waals surface area contributed by atoms with Crippen molar-refractivity contribution < 1.29 is 19.1 Å². The minimum absolute atomic E-state index is 0.134. The van der Waals surface area contributed by atoms with Crippen LogP contribution in [0.4, 0.5) is 4.39 Å². The molecule has 1 amide bonds. The maximum atomic E-state index is 13.2.